The second-order valence-electron chi connectivity index (χ2n) is 9.46. The molecule has 2 aliphatic carbocycles. The molecule has 160 valence electrons. The third kappa shape index (κ3) is 4.53. The third-order valence-corrected chi connectivity index (χ3v) is 7.39. The van der Waals surface area contributed by atoms with Gasteiger partial charge >= 0.3 is 0 Å². The third-order valence-electron chi connectivity index (χ3n) is 7.39. The minimum absolute atomic E-state index is 0.0319. The van der Waals surface area contributed by atoms with E-state index in [1.165, 1.54) is 24.0 Å². The van der Waals surface area contributed by atoms with Gasteiger partial charge in [-0.3, -0.25) is 0 Å². The van der Waals surface area contributed by atoms with E-state index in [1.54, 1.807) is 0 Å². The van der Waals surface area contributed by atoms with E-state index in [0.717, 1.165) is 44.4 Å². The second-order valence-corrected chi connectivity index (χ2v) is 9.46. The molecule has 4 rings (SSSR count). The summed E-state index contributed by atoms with van der Waals surface area (Å²) in [6.07, 6.45) is 12.8. The minimum atomic E-state index is -0.619. The largest absolute Gasteiger partial charge is 0.203 e. The number of allylic oxidation sites excluding steroid dienone is 2. The summed E-state index contributed by atoms with van der Waals surface area (Å²) in [5.41, 5.74) is 3.68. The van der Waals surface area contributed by atoms with Gasteiger partial charge in [0.05, 0.1) is 0 Å². The van der Waals surface area contributed by atoms with Crippen LogP contribution >= 0.6 is 0 Å². The summed E-state index contributed by atoms with van der Waals surface area (Å²) in [4.78, 5) is 0. The van der Waals surface area contributed by atoms with Crippen LogP contribution in [0.2, 0.25) is 0 Å². The topological polar surface area (TPSA) is 0 Å². The van der Waals surface area contributed by atoms with E-state index in [1.807, 2.05) is 12.1 Å². The molecule has 0 N–H and O–H groups in total. The Morgan fingerprint density at radius 3 is 1.97 bits per heavy atom. The molecular formula is C28H34F2. The van der Waals surface area contributed by atoms with E-state index in [0.29, 0.717) is 17.0 Å². The monoisotopic (exact) mass is 408 g/mol. The van der Waals surface area contributed by atoms with Crippen molar-refractivity contribution in [1.82, 2.24) is 0 Å². The molecule has 0 saturated heterocycles. The Hall–Kier alpha value is -1.96. The molecule has 0 radical (unpaired) electrons. The molecule has 2 aromatic rings. The van der Waals surface area contributed by atoms with Gasteiger partial charge < -0.3 is 0 Å². The maximum atomic E-state index is 15.1. The molecule has 0 spiro atoms. The first-order chi connectivity index (χ1) is 14.6. The number of hydrogen-bond acceptors (Lipinski definition) is 0. The molecule has 0 amide bonds. The Balaban J connectivity index is 1.46. The van der Waals surface area contributed by atoms with Gasteiger partial charge in [-0.1, -0.05) is 73.9 Å². The van der Waals surface area contributed by atoms with Crippen molar-refractivity contribution in [2.45, 2.75) is 83.0 Å². The Kier molecular flexibility index (Phi) is 6.71. The van der Waals surface area contributed by atoms with Crippen LogP contribution in [0.4, 0.5) is 8.78 Å². The molecule has 0 nitrogen and oxygen atoms in total. The molecule has 2 aromatic carbocycles. The lowest BCUT2D eigenvalue weighted by Gasteiger charge is -2.29. The van der Waals surface area contributed by atoms with Gasteiger partial charge in [0.2, 0.25) is 0 Å². The van der Waals surface area contributed by atoms with E-state index >= 15 is 8.78 Å². The summed E-state index contributed by atoms with van der Waals surface area (Å²) in [6.45, 7) is 4.32. The van der Waals surface area contributed by atoms with Gasteiger partial charge in [0.25, 0.3) is 0 Å². The van der Waals surface area contributed by atoms with Crippen LogP contribution in [0.1, 0.15) is 98.3 Å². The fraction of sp³-hybridized carbons (Fsp3) is 0.500. The fourth-order valence-corrected chi connectivity index (χ4v) is 5.52. The molecule has 0 aliphatic heterocycles. The normalized spacial score (nSPS) is 26.7. The van der Waals surface area contributed by atoms with Crippen molar-refractivity contribution in [1.29, 1.82) is 0 Å². The van der Waals surface area contributed by atoms with Crippen molar-refractivity contribution in [3.05, 3.63) is 82.4 Å². The molecule has 30 heavy (non-hydrogen) atoms. The summed E-state index contributed by atoms with van der Waals surface area (Å²) in [5, 5.41) is 0. The standard InChI is InChI=1S/C28H34F2/c1-3-4-20-7-11-23(12-8-20)25-17-18-26(28(30)27(25)29)24-15-13-22(14-16-24)21-9-5-19(2)6-10-21/h5-6,9-10,13,15,17-18,20,22-24H,3-4,7-8,11-12,14,16H2,1-2H3. The summed E-state index contributed by atoms with van der Waals surface area (Å²) in [5.74, 6) is 0.0664. The van der Waals surface area contributed by atoms with Gasteiger partial charge in [0, 0.05) is 11.8 Å². The van der Waals surface area contributed by atoms with Gasteiger partial charge in [-0.15, -0.1) is 0 Å². The molecule has 0 aromatic heterocycles. The molecule has 2 aliphatic rings. The van der Waals surface area contributed by atoms with Crippen LogP contribution in [0.3, 0.4) is 0 Å². The van der Waals surface area contributed by atoms with E-state index in [2.05, 4.69) is 50.3 Å². The van der Waals surface area contributed by atoms with Gasteiger partial charge in [0.1, 0.15) is 0 Å². The zero-order chi connectivity index (χ0) is 21.1. The first-order valence-electron chi connectivity index (χ1n) is 11.8. The SMILES string of the molecule is CCCC1CCC(c2ccc(C3C=CC(c4ccc(C)cc4)CC3)c(F)c2F)CC1. The average molecular weight is 409 g/mol. The molecule has 2 unspecified atom stereocenters. The smallest absolute Gasteiger partial charge is 0.162 e. The van der Waals surface area contributed by atoms with Crippen LogP contribution in [-0.4, -0.2) is 0 Å². The summed E-state index contributed by atoms with van der Waals surface area (Å²) in [6, 6.07) is 12.4. The number of hydrogen-bond donors (Lipinski definition) is 0. The minimum Gasteiger partial charge on any atom is -0.203 e. The summed E-state index contributed by atoms with van der Waals surface area (Å²) in [7, 11) is 0. The highest BCUT2D eigenvalue weighted by Gasteiger charge is 2.28. The lowest BCUT2D eigenvalue weighted by atomic mass is 9.76. The molecular weight excluding hydrogens is 374 g/mol. The van der Waals surface area contributed by atoms with Crippen LogP contribution in [0.25, 0.3) is 0 Å². The van der Waals surface area contributed by atoms with E-state index in [-0.39, 0.29) is 11.8 Å². The van der Waals surface area contributed by atoms with Gasteiger partial charge in [-0.05, 0) is 74.0 Å². The molecule has 1 fully saturated rings. The van der Waals surface area contributed by atoms with Crippen molar-refractivity contribution in [3.63, 3.8) is 0 Å². The van der Waals surface area contributed by atoms with Crippen LogP contribution in [0.15, 0.2) is 48.6 Å². The van der Waals surface area contributed by atoms with Gasteiger partial charge in [-0.2, -0.15) is 0 Å². The maximum absolute atomic E-state index is 15.1. The van der Waals surface area contributed by atoms with Crippen molar-refractivity contribution in [2.24, 2.45) is 5.92 Å². The lowest BCUT2D eigenvalue weighted by molar-refractivity contribution is 0.302. The first-order valence-corrected chi connectivity index (χ1v) is 11.8. The van der Waals surface area contributed by atoms with Gasteiger partial charge in [-0.25, -0.2) is 8.78 Å². The average Bonchev–Trinajstić information content (AvgIpc) is 2.77. The molecule has 1 saturated carbocycles. The van der Waals surface area contributed by atoms with Crippen LogP contribution < -0.4 is 0 Å². The number of halogens is 2. The predicted molar refractivity (Wildman–Crippen MR) is 121 cm³/mol. The Morgan fingerprint density at radius 2 is 1.33 bits per heavy atom. The highest BCUT2D eigenvalue weighted by Crippen LogP contribution is 2.41. The fourth-order valence-electron chi connectivity index (χ4n) is 5.52. The van der Waals surface area contributed by atoms with Crippen molar-refractivity contribution < 1.29 is 8.78 Å². The molecule has 2 heteroatoms. The molecule has 0 heterocycles. The highest BCUT2D eigenvalue weighted by molar-refractivity contribution is 5.36. The highest BCUT2D eigenvalue weighted by atomic mass is 19.2. The van der Waals surface area contributed by atoms with Crippen molar-refractivity contribution >= 4 is 0 Å². The second kappa shape index (κ2) is 9.45. The molecule has 2 atom stereocenters. The number of aryl methyl sites for hydroxylation is 1. The Bertz CT molecular complexity index is 872. The summed E-state index contributed by atoms with van der Waals surface area (Å²) >= 11 is 0. The first kappa shape index (κ1) is 21.3. The number of benzene rings is 2. The van der Waals surface area contributed by atoms with Crippen molar-refractivity contribution in [3.8, 4) is 0 Å². The van der Waals surface area contributed by atoms with E-state index < -0.39 is 11.6 Å². The Labute approximate surface area is 180 Å². The van der Waals surface area contributed by atoms with E-state index in [9.17, 15) is 0 Å². The maximum Gasteiger partial charge on any atom is 0.162 e. The summed E-state index contributed by atoms with van der Waals surface area (Å²) < 4.78 is 30.1. The van der Waals surface area contributed by atoms with Crippen LogP contribution in [-0.2, 0) is 0 Å². The van der Waals surface area contributed by atoms with Crippen molar-refractivity contribution in [2.75, 3.05) is 0 Å². The number of rotatable bonds is 5. The van der Waals surface area contributed by atoms with Gasteiger partial charge in [0.15, 0.2) is 11.6 Å². The van der Waals surface area contributed by atoms with E-state index in [4.69, 9.17) is 0 Å². The van der Waals surface area contributed by atoms with Crippen LogP contribution in [0.5, 0.6) is 0 Å². The quantitative estimate of drug-likeness (QED) is 0.435. The zero-order valence-corrected chi connectivity index (χ0v) is 18.3. The zero-order valence-electron chi connectivity index (χ0n) is 18.3. The lowest BCUT2D eigenvalue weighted by Crippen LogP contribution is -2.16. The van der Waals surface area contributed by atoms with Crippen LogP contribution in [0, 0.1) is 24.5 Å². The Morgan fingerprint density at radius 1 is 0.733 bits per heavy atom. The predicted octanol–water partition coefficient (Wildman–Crippen LogP) is 8.56. The molecule has 0 bridgehead atoms.